The van der Waals surface area contributed by atoms with Crippen molar-refractivity contribution in [2.75, 3.05) is 0 Å². The Kier molecular flexibility index (Phi) is 3.67. The van der Waals surface area contributed by atoms with E-state index < -0.39 is 0 Å². The van der Waals surface area contributed by atoms with Crippen LogP contribution in [0.2, 0.25) is 10.0 Å². The monoisotopic (exact) mass is 266 g/mol. The van der Waals surface area contributed by atoms with Crippen molar-refractivity contribution in [2.24, 2.45) is 0 Å². The predicted octanol–water partition coefficient (Wildman–Crippen LogP) is 4.60. The quantitative estimate of drug-likeness (QED) is 0.760. The summed E-state index contributed by atoms with van der Waals surface area (Å²) < 4.78 is 5.56. The van der Waals surface area contributed by atoms with Crippen LogP contribution in [0.15, 0.2) is 42.5 Å². The van der Waals surface area contributed by atoms with Crippen molar-refractivity contribution >= 4 is 29.5 Å². The molecule has 0 heterocycles. The molecule has 0 fully saturated rings. The van der Waals surface area contributed by atoms with Crippen LogP contribution in [-0.4, -0.2) is 6.29 Å². The summed E-state index contributed by atoms with van der Waals surface area (Å²) in [7, 11) is 0. The van der Waals surface area contributed by atoms with Gasteiger partial charge in [-0.05, 0) is 42.5 Å². The Morgan fingerprint density at radius 3 is 2.29 bits per heavy atom. The molecule has 2 rings (SSSR count). The van der Waals surface area contributed by atoms with E-state index in [1.807, 2.05) is 0 Å². The maximum atomic E-state index is 10.5. The molecule has 2 aromatic rings. The average molecular weight is 267 g/mol. The lowest BCUT2D eigenvalue weighted by atomic mass is 10.2. The lowest BCUT2D eigenvalue weighted by molar-refractivity contribution is 0.112. The minimum Gasteiger partial charge on any atom is -0.456 e. The molecule has 0 saturated heterocycles. The van der Waals surface area contributed by atoms with Gasteiger partial charge in [0.1, 0.15) is 17.8 Å². The van der Waals surface area contributed by atoms with Gasteiger partial charge in [-0.1, -0.05) is 23.2 Å². The molecule has 2 nitrogen and oxygen atoms in total. The maximum absolute atomic E-state index is 10.5. The van der Waals surface area contributed by atoms with Crippen molar-refractivity contribution in [1.82, 2.24) is 0 Å². The summed E-state index contributed by atoms with van der Waals surface area (Å²) in [5.41, 5.74) is 0.597. The molecule has 86 valence electrons. The summed E-state index contributed by atoms with van der Waals surface area (Å²) in [5.74, 6) is 1.13. The summed E-state index contributed by atoms with van der Waals surface area (Å²) in [4.78, 5) is 10.5. The van der Waals surface area contributed by atoms with Gasteiger partial charge in [-0.2, -0.15) is 0 Å². The normalized spacial score (nSPS) is 10.0. The predicted molar refractivity (Wildman–Crippen MR) is 68.4 cm³/mol. The van der Waals surface area contributed by atoms with Crippen LogP contribution < -0.4 is 4.74 Å². The minimum atomic E-state index is 0.442. The first-order chi connectivity index (χ1) is 8.19. The summed E-state index contributed by atoms with van der Waals surface area (Å²) in [5, 5.41) is 0.996. The summed E-state index contributed by atoms with van der Waals surface area (Å²) in [6, 6.07) is 11.8. The van der Waals surface area contributed by atoms with Crippen LogP contribution in [0.3, 0.4) is 0 Å². The molecule has 0 radical (unpaired) electrons. The van der Waals surface area contributed by atoms with Crippen LogP contribution in [0, 0.1) is 0 Å². The molecule has 0 aliphatic carbocycles. The van der Waals surface area contributed by atoms with Crippen LogP contribution in [0.1, 0.15) is 10.4 Å². The SMILES string of the molecule is O=Cc1ccc(Oc2ccc(Cl)cc2Cl)cc1. The number of aldehydes is 1. The van der Waals surface area contributed by atoms with E-state index in [-0.39, 0.29) is 0 Å². The number of carbonyl (C=O) groups excluding carboxylic acids is 1. The van der Waals surface area contributed by atoms with Gasteiger partial charge < -0.3 is 4.74 Å². The van der Waals surface area contributed by atoms with Gasteiger partial charge in [-0.3, -0.25) is 4.79 Å². The topological polar surface area (TPSA) is 26.3 Å². The van der Waals surface area contributed by atoms with E-state index in [2.05, 4.69) is 0 Å². The third-order valence-electron chi connectivity index (χ3n) is 2.14. The molecule has 0 atom stereocenters. The van der Waals surface area contributed by atoms with E-state index in [4.69, 9.17) is 27.9 Å². The number of hydrogen-bond donors (Lipinski definition) is 0. The first-order valence-electron chi connectivity index (χ1n) is 4.87. The van der Waals surface area contributed by atoms with E-state index in [9.17, 15) is 4.79 Å². The van der Waals surface area contributed by atoms with Crippen molar-refractivity contribution in [3.05, 3.63) is 58.1 Å². The number of halogens is 2. The second-order valence-corrected chi connectivity index (χ2v) is 4.21. The van der Waals surface area contributed by atoms with Crippen molar-refractivity contribution in [3.8, 4) is 11.5 Å². The zero-order chi connectivity index (χ0) is 12.3. The van der Waals surface area contributed by atoms with Gasteiger partial charge in [0.05, 0.1) is 5.02 Å². The van der Waals surface area contributed by atoms with Gasteiger partial charge >= 0.3 is 0 Å². The molecule has 0 aliphatic rings. The van der Waals surface area contributed by atoms with Crippen LogP contribution in [-0.2, 0) is 0 Å². The fourth-order valence-electron chi connectivity index (χ4n) is 1.30. The standard InChI is InChI=1S/C13H8Cl2O2/c14-10-3-6-13(12(15)7-10)17-11-4-1-9(8-16)2-5-11/h1-8H. The van der Waals surface area contributed by atoms with Crippen molar-refractivity contribution in [1.29, 1.82) is 0 Å². The fraction of sp³-hybridized carbons (Fsp3) is 0. The Hall–Kier alpha value is -1.51. The van der Waals surface area contributed by atoms with E-state index in [1.54, 1.807) is 42.5 Å². The number of rotatable bonds is 3. The van der Waals surface area contributed by atoms with Crippen LogP contribution in [0.25, 0.3) is 0 Å². The van der Waals surface area contributed by atoms with Crippen LogP contribution in [0.4, 0.5) is 0 Å². The van der Waals surface area contributed by atoms with Gasteiger partial charge in [0.2, 0.25) is 0 Å². The summed E-state index contributed by atoms with van der Waals surface area (Å²) >= 11 is 11.8. The van der Waals surface area contributed by atoms with Gasteiger partial charge in [0, 0.05) is 10.6 Å². The van der Waals surface area contributed by atoms with Gasteiger partial charge in [-0.15, -0.1) is 0 Å². The first kappa shape index (κ1) is 12.0. The second-order valence-electron chi connectivity index (χ2n) is 3.36. The highest BCUT2D eigenvalue weighted by Gasteiger charge is 2.03. The number of hydrogen-bond acceptors (Lipinski definition) is 2. The minimum absolute atomic E-state index is 0.442. The van der Waals surface area contributed by atoms with E-state index in [1.165, 1.54) is 0 Å². The molecule has 4 heteroatoms. The molecule has 0 unspecified atom stereocenters. The smallest absolute Gasteiger partial charge is 0.150 e. The maximum Gasteiger partial charge on any atom is 0.150 e. The highest BCUT2D eigenvalue weighted by molar-refractivity contribution is 6.35. The van der Waals surface area contributed by atoms with Gasteiger partial charge in [0.15, 0.2) is 0 Å². The third kappa shape index (κ3) is 2.99. The Labute approximate surface area is 109 Å². The van der Waals surface area contributed by atoms with E-state index in [0.717, 1.165) is 6.29 Å². The lowest BCUT2D eigenvalue weighted by Gasteiger charge is -2.07. The molecule has 0 bridgehead atoms. The van der Waals surface area contributed by atoms with Crippen LogP contribution >= 0.6 is 23.2 Å². The van der Waals surface area contributed by atoms with Crippen molar-refractivity contribution in [2.45, 2.75) is 0 Å². The zero-order valence-corrected chi connectivity index (χ0v) is 10.2. The summed E-state index contributed by atoms with van der Waals surface area (Å²) in [6.45, 7) is 0. The lowest BCUT2D eigenvalue weighted by Crippen LogP contribution is -1.86. The molecule has 2 aromatic carbocycles. The molecule has 0 aromatic heterocycles. The molecule has 0 amide bonds. The number of benzene rings is 2. The molecular weight excluding hydrogens is 259 g/mol. The Balaban J connectivity index is 2.22. The molecular formula is C13H8Cl2O2. The molecule has 0 aliphatic heterocycles. The average Bonchev–Trinajstić information content (AvgIpc) is 2.34. The van der Waals surface area contributed by atoms with Gasteiger partial charge in [-0.25, -0.2) is 0 Å². The Morgan fingerprint density at radius 1 is 1.00 bits per heavy atom. The third-order valence-corrected chi connectivity index (χ3v) is 2.67. The molecule has 0 spiro atoms. The zero-order valence-electron chi connectivity index (χ0n) is 8.69. The van der Waals surface area contributed by atoms with Crippen molar-refractivity contribution < 1.29 is 9.53 Å². The highest BCUT2D eigenvalue weighted by atomic mass is 35.5. The van der Waals surface area contributed by atoms with E-state index >= 15 is 0 Å². The Bertz CT molecular complexity index is 536. The van der Waals surface area contributed by atoms with Crippen molar-refractivity contribution in [3.63, 3.8) is 0 Å². The first-order valence-corrected chi connectivity index (χ1v) is 5.63. The molecule has 0 N–H and O–H groups in total. The number of carbonyl (C=O) groups is 1. The molecule has 17 heavy (non-hydrogen) atoms. The largest absolute Gasteiger partial charge is 0.456 e. The molecule has 0 saturated carbocycles. The van der Waals surface area contributed by atoms with E-state index in [0.29, 0.717) is 27.1 Å². The number of ether oxygens (including phenoxy) is 1. The summed E-state index contributed by atoms with van der Waals surface area (Å²) in [6.07, 6.45) is 0.777. The highest BCUT2D eigenvalue weighted by Crippen LogP contribution is 2.31. The van der Waals surface area contributed by atoms with Crippen LogP contribution in [0.5, 0.6) is 11.5 Å². The second kappa shape index (κ2) is 5.21. The fourth-order valence-corrected chi connectivity index (χ4v) is 1.75. The Morgan fingerprint density at radius 2 is 1.71 bits per heavy atom. The van der Waals surface area contributed by atoms with Gasteiger partial charge in [0.25, 0.3) is 0 Å².